The topological polar surface area (TPSA) is 37.8 Å². The lowest BCUT2D eigenvalue weighted by molar-refractivity contribution is 0.862. The Labute approximate surface area is 127 Å². The number of benzene rings is 2. The van der Waals surface area contributed by atoms with Crippen LogP contribution in [0.5, 0.6) is 0 Å². The first-order valence-corrected chi connectivity index (χ1v) is 7.38. The first-order valence-electron chi connectivity index (χ1n) is 7.38. The van der Waals surface area contributed by atoms with Crippen LogP contribution in [-0.4, -0.2) is 9.55 Å². The lowest BCUT2D eigenvalue weighted by Gasteiger charge is -2.09. The molecule has 0 saturated heterocycles. The van der Waals surface area contributed by atoms with Crippen LogP contribution in [0.1, 0.15) is 11.3 Å². The number of H-pyrrole nitrogens is 1. The van der Waals surface area contributed by atoms with Gasteiger partial charge in [0.25, 0.3) is 0 Å². The standard InChI is InChI=1S/C19H16N2O/c1-13-19-17(9-10-20-13)16-8-7-15(22)11-18(16)21(19)12-14-5-3-2-4-6-14/h2-11,20H,12H2,1H3. The Hall–Kier alpha value is -2.81. The Morgan fingerprint density at radius 2 is 1.82 bits per heavy atom. The molecule has 0 radical (unpaired) electrons. The third-order valence-corrected chi connectivity index (χ3v) is 4.16. The normalized spacial score (nSPS) is 11.3. The first-order chi connectivity index (χ1) is 10.7. The molecule has 0 atom stereocenters. The average molecular weight is 288 g/mol. The minimum Gasteiger partial charge on any atom is -0.364 e. The Morgan fingerprint density at radius 3 is 2.64 bits per heavy atom. The zero-order valence-electron chi connectivity index (χ0n) is 12.3. The van der Waals surface area contributed by atoms with Gasteiger partial charge >= 0.3 is 0 Å². The zero-order valence-corrected chi connectivity index (χ0v) is 12.3. The molecular weight excluding hydrogens is 272 g/mol. The highest BCUT2D eigenvalue weighted by Crippen LogP contribution is 2.29. The molecule has 3 heteroatoms. The Morgan fingerprint density at radius 1 is 1.00 bits per heavy atom. The lowest BCUT2D eigenvalue weighted by Crippen LogP contribution is -2.03. The number of nitrogens with one attached hydrogen (secondary N) is 1. The van der Waals surface area contributed by atoms with Crippen molar-refractivity contribution in [3.05, 3.63) is 82.3 Å². The molecule has 1 N–H and O–H groups in total. The third-order valence-electron chi connectivity index (χ3n) is 4.16. The largest absolute Gasteiger partial charge is 0.364 e. The van der Waals surface area contributed by atoms with E-state index in [2.05, 4.69) is 34.7 Å². The summed E-state index contributed by atoms with van der Waals surface area (Å²) in [6.45, 7) is 2.82. The smallest absolute Gasteiger partial charge is 0.180 e. The van der Waals surface area contributed by atoms with Gasteiger partial charge in [0, 0.05) is 35.3 Å². The summed E-state index contributed by atoms with van der Waals surface area (Å²) in [5.41, 5.74) is 4.53. The van der Waals surface area contributed by atoms with Crippen LogP contribution < -0.4 is 5.43 Å². The second-order valence-corrected chi connectivity index (χ2v) is 5.62. The fourth-order valence-electron chi connectivity index (χ4n) is 3.18. The summed E-state index contributed by atoms with van der Waals surface area (Å²) in [5, 5.41) is 2.31. The van der Waals surface area contributed by atoms with Crippen LogP contribution in [0.25, 0.3) is 21.8 Å². The molecule has 2 heterocycles. The molecule has 4 aromatic rings. The number of hydrogen-bond donors (Lipinski definition) is 1. The molecule has 108 valence electrons. The molecule has 0 aliphatic carbocycles. The van der Waals surface area contributed by atoms with E-state index < -0.39 is 0 Å². The molecule has 2 aromatic carbocycles. The van der Waals surface area contributed by atoms with Gasteiger partial charge in [-0.15, -0.1) is 0 Å². The summed E-state index contributed by atoms with van der Waals surface area (Å²) < 4.78 is 2.23. The molecule has 0 spiro atoms. The van der Waals surface area contributed by atoms with E-state index >= 15 is 0 Å². The van der Waals surface area contributed by atoms with E-state index in [-0.39, 0.29) is 5.43 Å². The van der Waals surface area contributed by atoms with Crippen molar-refractivity contribution in [3.8, 4) is 0 Å². The second kappa shape index (κ2) is 4.88. The fourth-order valence-corrected chi connectivity index (χ4v) is 3.18. The quantitative estimate of drug-likeness (QED) is 0.598. The fraction of sp³-hybridized carbons (Fsp3) is 0.105. The van der Waals surface area contributed by atoms with Crippen molar-refractivity contribution in [2.45, 2.75) is 13.5 Å². The van der Waals surface area contributed by atoms with Gasteiger partial charge < -0.3 is 9.55 Å². The van der Waals surface area contributed by atoms with Crippen LogP contribution in [0.3, 0.4) is 0 Å². The van der Waals surface area contributed by atoms with Crippen molar-refractivity contribution in [2.75, 3.05) is 0 Å². The minimum atomic E-state index is 0.0475. The molecule has 0 aliphatic heterocycles. The second-order valence-electron chi connectivity index (χ2n) is 5.62. The number of aromatic nitrogens is 2. The first kappa shape index (κ1) is 12.9. The molecule has 4 rings (SSSR count). The summed E-state index contributed by atoms with van der Waals surface area (Å²) in [5.74, 6) is 0. The average Bonchev–Trinajstić information content (AvgIpc) is 2.83. The van der Waals surface area contributed by atoms with E-state index in [1.807, 2.05) is 30.5 Å². The number of pyridine rings is 1. The van der Waals surface area contributed by atoms with Gasteiger partial charge in [0.05, 0.1) is 11.0 Å². The molecule has 2 aromatic heterocycles. The van der Waals surface area contributed by atoms with Crippen LogP contribution in [0.2, 0.25) is 0 Å². The maximum atomic E-state index is 11.8. The minimum absolute atomic E-state index is 0.0475. The van der Waals surface area contributed by atoms with Gasteiger partial charge in [-0.25, -0.2) is 0 Å². The molecule has 0 unspecified atom stereocenters. The summed E-state index contributed by atoms with van der Waals surface area (Å²) in [7, 11) is 0. The Kier molecular flexibility index (Phi) is 2.86. The summed E-state index contributed by atoms with van der Waals surface area (Å²) in [6.07, 6.45) is 1.95. The third kappa shape index (κ3) is 1.94. The number of nitrogens with zero attached hydrogens (tertiary/aromatic N) is 1. The highest BCUT2D eigenvalue weighted by molar-refractivity contribution is 6.08. The maximum absolute atomic E-state index is 11.8. The van der Waals surface area contributed by atoms with Crippen LogP contribution in [0.15, 0.2) is 65.6 Å². The van der Waals surface area contributed by atoms with Gasteiger partial charge in [-0.05, 0) is 30.7 Å². The SMILES string of the molecule is Cc1[nH]ccc2c3ccc(=O)cc3n(Cc3ccccc3)c12. The van der Waals surface area contributed by atoms with E-state index in [4.69, 9.17) is 0 Å². The van der Waals surface area contributed by atoms with Crippen molar-refractivity contribution in [1.82, 2.24) is 9.55 Å². The predicted octanol–water partition coefficient (Wildman–Crippen LogP) is 3.84. The number of hydrogen-bond acceptors (Lipinski definition) is 1. The van der Waals surface area contributed by atoms with Crippen molar-refractivity contribution in [3.63, 3.8) is 0 Å². The van der Waals surface area contributed by atoms with Gasteiger partial charge in [0.2, 0.25) is 0 Å². The maximum Gasteiger partial charge on any atom is 0.180 e. The van der Waals surface area contributed by atoms with Crippen LogP contribution in [-0.2, 0) is 6.54 Å². The van der Waals surface area contributed by atoms with Crippen LogP contribution in [0, 0.1) is 6.92 Å². The molecular formula is C19H16N2O. The van der Waals surface area contributed by atoms with E-state index in [9.17, 15) is 4.79 Å². The van der Waals surface area contributed by atoms with Crippen molar-refractivity contribution in [2.24, 2.45) is 0 Å². The monoisotopic (exact) mass is 288 g/mol. The van der Waals surface area contributed by atoms with Crippen molar-refractivity contribution < 1.29 is 0 Å². The van der Waals surface area contributed by atoms with E-state index in [1.165, 1.54) is 10.9 Å². The molecule has 0 bridgehead atoms. The molecule has 22 heavy (non-hydrogen) atoms. The summed E-state index contributed by atoms with van der Waals surface area (Å²) in [4.78, 5) is 15.1. The molecule has 0 aliphatic rings. The Balaban J connectivity index is 2.09. The van der Waals surface area contributed by atoms with Crippen molar-refractivity contribution in [1.29, 1.82) is 0 Å². The molecule has 3 nitrogen and oxygen atoms in total. The van der Waals surface area contributed by atoms with Crippen LogP contribution in [0.4, 0.5) is 0 Å². The van der Waals surface area contributed by atoms with Crippen LogP contribution >= 0.6 is 0 Å². The van der Waals surface area contributed by atoms with Gasteiger partial charge in [-0.2, -0.15) is 0 Å². The summed E-state index contributed by atoms with van der Waals surface area (Å²) >= 11 is 0. The number of fused-ring (bicyclic) bond motifs is 3. The molecule has 0 amide bonds. The van der Waals surface area contributed by atoms with Crippen molar-refractivity contribution >= 4 is 21.8 Å². The Bertz CT molecular complexity index is 1030. The van der Waals surface area contributed by atoms with E-state index in [1.54, 1.807) is 12.1 Å². The van der Waals surface area contributed by atoms with Gasteiger partial charge in [-0.1, -0.05) is 30.3 Å². The van der Waals surface area contributed by atoms with Gasteiger partial charge in [-0.3, -0.25) is 4.79 Å². The number of rotatable bonds is 2. The number of aromatic amines is 1. The zero-order chi connectivity index (χ0) is 15.1. The lowest BCUT2D eigenvalue weighted by atomic mass is 10.2. The predicted molar refractivity (Wildman–Crippen MR) is 90.3 cm³/mol. The highest BCUT2D eigenvalue weighted by Gasteiger charge is 2.13. The highest BCUT2D eigenvalue weighted by atomic mass is 16.1. The van der Waals surface area contributed by atoms with Gasteiger partial charge in [0.1, 0.15) is 0 Å². The summed E-state index contributed by atoms with van der Waals surface area (Å²) in [6, 6.07) is 17.7. The van der Waals surface area contributed by atoms with E-state index in [0.29, 0.717) is 0 Å². The van der Waals surface area contributed by atoms with Gasteiger partial charge in [0.15, 0.2) is 5.43 Å². The van der Waals surface area contributed by atoms with E-state index in [0.717, 1.165) is 28.7 Å². The molecule has 0 saturated carbocycles. The molecule has 0 fully saturated rings. The number of aryl methyl sites for hydroxylation is 1.